The Labute approximate surface area is 110 Å². The molecular formula is C14H26N2O2. The molecule has 1 amide bonds. The van der Waals surface area contributed by atoms with E-state index >= 15 is 0 Å². The van der Waals surface area contributed by atoms with E-state index in [2.05, 4.69) is 18.7 Å². The normalized spacial score (nSPS) is 37.6. The molecule has 0 aromatic rings. The molecule has 2 saturated heterocycles. The van der Waals surface area contributed by atoms with Gasteiger partial charge in [0.25, 0.3) is 0 Å². The van der Waals surface area contributed by atoms with Crippen LogP contribution in [0.3, 0.4) is 0 Å². The number of hydrogen-bond acceptors (Lipinski definition) is 3. The summed E-state index contributed by atoms with van der Waals surface area (Å²) < 4.78 is 5.94. The minimum Gasteiger partial charge on any atom is -0.376 e. The second-order valence-electron chi connectivity index (χ2n) is 6.40. The van der Waals surface area contributed by atoms with Gasteiger partial charge in [-0.2, -0.15) is 0 Å². The van der Waals surface area contributed by atoms with Crippen LogP contribution in [-0.4, -0.2) is 43.2 Å². The minimum absolute atomic E-state index is 0.0182. The number of likely N-dealkylation sites (N-methyl/N-ethyl adjacent to an activating group) is 1. The van der Waals surface area contributed by atoms with Crippen LogP contribution in [0.4, 0.5) is 0 Å². The number of nitrogens with zero attached hydrogens (tertiary/aromatic N) is 1. The second kappa shape index (κ2) is 5.57. The first-order valence-electron chi connectivity index (χ1n) is 7.10. The number of carbonyl (C=O) groups is 1. The number of fused-ring (bicyclic) bond motifs is 1. The lowest BCUT2D eigenvalue weighted by molar-refractivity contribution is -0.125. The summed E-state index contributed by atoms with van der Waals surface area (Å²) in [6.07, 6.45) is 3.58. The van der Waals surface area contributed by atoms with Crippen molar-refractivity contribution in [3.05, 3.63) is 0 Å². The number of primary amides is 1. The molecule has 0 unspecified atom stereocenters. The largest absolute Gasteiger partial charge is 0.376 e. The Kier molecular flexibility index (Phi) is 4.28. The fourth-order valence-electron chi connectivity index (χ4n) is 3.71. The molecule has 2 heterocycles. The van der Waals surface area contributed by atoms with Crippen molar-refractivity contribution in [1.29, 1.82) is 0 Å². The van der Waals surface area contributed by atoms with E-state index in [0.29, 0.717) is 5.92 Å². The molecule has 18 heavy (non-hydrogen) atoms. The predicted molar refractivity (Wildman–Crippen MR) is 71.0 cm³/mol. The number of amides is 1. The third-order valence-electron chi connectivity index (χ3n) is 4.34. The molecule has 4 atom stereocenters. The number of ether oxygens (including phenoxy) is 1. The van der Waals surface area contributed by atoms with E-state index in [4.69, 9.17) is 10.5 Å². The van der Waals surface area contributed by atoms with Crippen molar-refractivity contribution in [3.8, 4) is 0 Å². The molecule has 0 aromatic heterocycles. The average Bonchev–Trinajstić information content (AvgIpc) is 2.41. The molecule has 2 rings (SSSR count). The molecule has 104 valence electrons. The fraction of sp³-hybridized carbons (Fsp3) is 0.929. The van der Waals surface area contributed by atoms with Gasteiger partial charge in [-0.3, -0.25) is 9.69 Å². The van der Waals surface area contributed by atoms with E-state index in [1.807, 2.05) is 7.05 Å². The van der Waals surface area contributed by atoms with E-state index in [1.165, 1.54) is 12.8 Å². The van der Waals surface area contributed by atoms with Gasteiger partial charge in [0, 0.05) is 19.1 Å². The third-order valence-corrected chi connectivity index (χ3v) is 4.34. The summed E-state index contributed by atoms with van der Waals surface area (Å²) in [6, 6.07) is -0.229. The molecule has 4 heteroatoms. The van der Waals surface area contributed by atoms with Gasteiger partial charge in [0.15, 0.2) is 0 Å². The van der Waals surface area contributed by atoms with Crippen LogP contribution in [0.5, 0.6) is 0 Å². The molecule has 2 N–H and O–H groups in total. The lowest BCUT2D eigenvalue weighted by atomic mass is 9.85. The number of hydrogen-bond donors (Lipinski definition) is 1. The Morgan fingerprint density at radius 3 is 2.83 bits per heavy atom. The quantitative estimate of drug-likeness (QED) is 0.824. The Bertz CT molecular complexity index is 306. The van der Waals surface area contributed by atoms with Gasteiger partial charge in [0.1, 0.15) is 6.04 Å². The average molecular weight is 254 g/mol. The first-order chi connectivity index (χ1) is 8.49. The highest BCUT2D eigenvalue weighted by molar-refractivity contribution is 5.81. The first kappa shape index (κ1) is 13.8. The lowest BCUT2D eigenvalue weighted by Crippen LogP contribution is -2.45. The van der Waals surface area contributed by atoms with Crippen LogP contribution >= 0.6 is 0 Å². The van der Waals surface area contributed by atoms with Gasteiger partial charge in [-0.25, -0.2) is 0 Å². The molecule has 4 nitrogen and oxygen atoms in total. The van der Waals surface area contributed by atoms with Crippen LogP contribution in [0.2, 0.25) is 0 Å². The van der Waals surface area contributed by atoms with Gasteiger partial charge in [-0.05, 0) is 38.1 Å². The van der Waals surface area contributed by atoms with Crippen LogP contribution < -0.4 is 5.73 Å². The summed E-state index contributed by atoms with van der Waals surface area (Å²) in [4.78, 5) is 13.6. The zero-order valence-corrected chi connectivity index (χ0v) is 11.8. The number of likely N-dealkylation sites (tertiary alicyclic amines) is 1. The van der Waals surface area contributed by atoms with E-state index in [-0.39, 0.29) is 18.1 Å². The van der Waals surface area contributed by atoms with Crippen molar-refractivity contribution in [2.24, 2.45) is 23.5 Å². The monoisotopic (exact) mass is 254 g/mol. The third kappa shape index (κ3) is 2.86. The Morgan fingerprint density at radius 2 is 2.22 bits per heavy atom. The summed E-state index contributed by atoms with van der Waals surface area (Å²) in [6.45, 7) is 6.26. The van der Waals surface area contributed by atoms with Gasteiger partial charge >= 0.3 is 0 Å². The summed E-state index contributed by atoms with van der Waals surface area (Å²) in [5.41, 5.74) is 5.50. The van der Waals surface area contributed by atoms with Crippen molar-refractivity contribution in [1.82, 2.24) is 4.90 Å². The van der Waals surface area contributed by atoms with Crippen molar-refractivity contribution in [2.75, 3.05) is 20.2 Å². The molecule has 2 aliphatic heterocycles. The van der Waals surface area contributed by atoms with Crippen LogP contribution in [0, 0.1) is 17.8 Å². The van der Waals surface area contributed by atoms with Gasteiger partial charge in [-0.15, -0.1) is 0 Å². The van der Waals surface area contributed by atoms with Crippen molar-refractivity contribution in [2.45, 2.75) is 45.3 Å². The standard InChI is InChI=1S/C14H26N2O2/c1-9(2)6-10-4-5-18-13-11(7-10)8-16(3)12(13)14(15)17/h9-13H,4-8H2,1-3H3,(H2,15,17)/t10-,11-,12-,13+/m0/s1. The van der Waals surface area contributed by atoms with Crippen LogP contribution in [-0.2, 0) is 9.53 Å². The van der Waals surface area contributed by atoms with Gasteiger partial charge in [-0.1, -0.05) is 13.8 Å². The zero-order valence-electron chi connectivity index (χ0n) is 11.8. The highest BCUT2D eigenvalue weighted by Crippen LogP contribution is 2.36. The second-order valence-corrected chi connectivity index (χ2v) is 6.40. The summed E-state index contributed by atoms with van der Waals surface area (Å²) in [5.74, 6) is 1.70. The SMILES string of the molecule is CC(C)C[C@@H]1CCO[C@@H]2[C@@H](C1)CN(C)[C@@H]2C(N)=O. The molecule has 0 spiro atoms. The topological polar surface area (TPSA) is 55.6 Å². The number of rotatable bonds is 3. The van der Waals surface area contributed by atoms with Crippen LogP contribution in [0.15, 0.2) is 0 Å². The Morgan fingerprint density at radius 1 is 1.50 bits per heavy atom. The summed E-state index contributed by atoms with van der Waals surface area (Å²) in [7, 11) is 1.98. The van der Waals surface area contributed by atoms with Crippen molar-refractivity contribution >= 4 is 5.91 Å². The van der Waals surface area contributed by atoms with Gasteiger partial charge in [0.05, 0.1) is 6.10 Å². The molecule has 0 saturated carbocycles. The van der Waals surface area contributed by atoms with Gasteiger partial charge < -0.3 is 10.5 Å². The molecule has 0 bridgehead atoms. The van der Waals surface area contributed by atoms with Crippen LogP contribution in [0.25, 0.3) is 0 Å². The maximum absolute atomic E-state index is 11.5. The number of nitrogens with two attached hydrogens (primary N) is 1. The van der Waals surface area contributed by atoms with Crippen molar-refractivity contribution in [3.63, 3.8) is 0 Å². The molecule has 2 fully saturated rings. The Hall–Kier alpha value is -0.610. The first-order valence-corrected chi connectivity index (χ1v) is 7.10. The predicted octanol–water partition coefficient (Wildman–Crippen LogP) is 1.24. The van der Waals surface area contributed by atoms with E-state index in [0.717, 1.165) is 31.4 Å². The molecule has 2 aliphatic rings. The molecule has 0 aliphatic carbocycles. The van der Waals surface area contributed by atoms with E-state index in [1.54, 1.807) is 0 Å². The van der Waals surface area contributed by atoms with E-state index in [9.17, 15) is 4.79 Å². The fourth-order valence-corrected chi connectivity index (χ4v) is 3.71. The van der Waals surface area contributed by atoms with Gasteiger partial charge in [0.2, 0.25) is 5.91 Å². The zero-order chi connectivity index (χ0) is 13.3. The maximum atomic E-state index is 11.5. The van der Waals surface area contributed by atoms with Crippen molar-refractivity contribution < 1.29 is 9.53 Å². The van der Waals surface area contributed by atoms with E-state index < -0.39 is 0 Å². The number of carbonyl (C=O) groups excluding carboxylic acids is 1. The Balaban J connectivity index is 2.04. The highest BCUT2D eigenvalue weighted by atomic mass is 16.5. The summed E-state index contributed by atoms with van der Waals surface area (Å²) in [5, 5.41) is 0. The lowest BCUT2D eigenvalue weighted by Gasteiger charge is -2.22. The van der Waals surface area contributed by atoms with Crippen LogP contribution in [0.1, 0.15) is 33.1 Å². The minimum atomic E-state index is -0.243. The molecular weight excluding hydrogens is 228 g/mol. The highest BCUT2D eigenvalue weighted by Gasteiger charge is 2.45. The smallest absolute Gasteiger partial charge is 0.237 e. The summed E-state index contributed by atoms with van der Waals surface area (Å²) >= 11 is 0. The maximum Gasteiger partial charge on any atom is 0.237 e. The molecule has 0 aromatic carbocycles. The molecule has 0 radical (unpaired) electrons.